The van der Waals surface area contributed by atoms with Crippen molar-refractivity contribution in [3.8, 4) is 0 Å². The number of thiazole rings is 1. The zero-order chi connectivity index (χ0) is 22.3. The Morgan fingerprint density at radius 2 is 2.13 bits per heavy atom. The number of aromatic nitrogens is 1. The van der Waals surface area contributed by atoms with Gasteiger partial charge in [-0.15, -0.1) is 11.3 Å². The summed E-state index contributed by atoms with van der Waals surface area (Å²) in [5.74, 6) is -1.69. The van der Waals surface area contributed by atoms with Crippen LogP contribution in [0.2, 0.25) is 0 Å². The molecule has 0 radical (unpaired) electrons. The van der Waals surface area contributed by atoms with Crippen LogP contribution in [-0.4, -0.2) is 43.7 Å². The van der Waals surface area contributed by atoms with Crippen LogP contribution in [0.3, 0.4) is 0 Å². The molecule has 0 saturated heterocycles. The highest BCUT2D eigenvalue weighted by Gasteiger charge is 2.33. The van der Waals surface area contributed by atoms with Crippen molar-refractivity contribution in [2.75, 3.05) is 5.75 Å². The second kappa shape index (κ2) is 11.3. The Hall–Kier alpha value is -1.36. The predicted molar refractivity (Wildman–Crippen MR) is 111 cm³/mol. The van der Waals surface area contributed by atoms with Crippen molar-refractivity contribution in [3.63, 3.8) is 0 Å². The van der Waals surface area contributed by atoms with Gasteiger partial charge in [-0.2, -0.15) is 8.78 Å². The first-order valence-electron chi connectivity index (χ1n) is 9.67. The van der Waals surface area contributed by atoms with Crippen LogP contribution >= 0.6 is 23.1 Å². The molecule has 0 bridgehead atoms. The van der Waals surface area contributed by atoms with Crippen LogP contribution in [0.1, 0.15) is 55.9 Å². The van der Waals surface area contributed by atoms with Crippen molar-refractivity contribution in [1.82, 2.24) is 4.98 Å². The second-order valence-corrected chi connectivity index (χ2v) is 9.91. The normalized spacial score (nSPS) is 23.6. The molecular formula is C20H26F3NO4S2. The summed E-state index contributed by atoms with van der Waals surface area (Å²) in [5, 5.41) is 31.0. The number of nitrogens with zero attached hydrogens (tertiary/aromatic N) is 1. The molecule has 1 aromatic heterocycles. The Bertz CT molecular complexity index is 778. The Labute approximate surface area is 181 Å². The van der Waals surface area contributed by atoms with Gasteiger partial charge in [-0.3, -0.25) is 0 Å². The van der Waals surface area contributed by atoms with Gasteiger partial charge in [0.15, 0.2) is 15.9 Å². The second-order valence-electron chi connectivity index (χ2n) is 7.71. The van der Waals surface area contributed by atoms with Crippen molar-refractivity contribution in [2.45, 2.75) is 61.5 Å². The van der Waals surface area contributed by atoms with E-state index in [0.29, 0.717) is 16.5 Å². The third-order valence-electron chi connectivity index (χ3n) is 5.25. The Kier molecular flexibility index (Phi) is 9.39. The maximum atomic E-state index is 12.9. The Morgan fingerprint density at radius 3 is 2.77 bits per heavy atom. The summed E-state index contributed by atoms with van der Waals surface area (Å²) in [7, 11) is 0. The molecular weight excluding hydrogens is 439 g/mol. The number of carbonyl (C=O) groups is 1. The Morgan fingerprint density at radius 1 is 1.40 bits per heavy atom. The molecule has 168 valence electrons. The summed E-state index contributed by atoms with van der Waals surface area (Å²) >= 11 is 2.73. The van der Waals surface area contributed by atoms with E-state index in [4.69, 9.17) is 5.11 Å². The third kappa shape index (κ3) is 7.72. The average molecular weight is 466 g/mol. The number of thioether (sulfide) groups is 1. The van der Waals surface area contributed by atoms with Gasteiger partial charge in [0, 0.05) is 17.6 Å². The molecule has 5 nitrogen and oxygen atoms in total. The molecule has 2 rings (SSSR count). The third-order valence-corrected chi connectivity index (χ3v) is 7.30. The van der Waals surface area contributed by atoms with Crippen molar-refractivity contribution < 1.29 is 33.3 Å². The van der Waals surface area contributed by atoms with Crippen molar-refractivity contribution in [3.05, 3.63) is 35.1 Å². The van der Waals surface area contributed by atoms with E-state index in [2.05, 4.69) is 4.98 Å². The molecule has 4 unspecified atom stereocenters. The lowest BCUT2D eigenvalue weighted by Gasteiger charge is -2.22. The molecule has 1 aliphatic carbocycles. The summed E-state index contributed by atoms with van der Waals surface area (Å²) in [4.78, 5) is 14.9. The summed E-state index contributed by atoms with van der Waals surface area (Å²) < 4.78 is 37.9. The van der Waals surface area contributed by atoms with E-state index in [-0.39, 0.29) is 30.4 Å². The summed E-state index contributed by atoms with van der Waals surface area (Å²) in [6.07, 6.45) is 2.73. The standard InChI is InChI=1S/C20H26F3NO4S2/c1-20(28,9-6-14(21)17(22)23)8-2-3-12-4-5-16(25)13(12)7-10-29-19-24-15(11-30-19)18(26)27/h2-3,11-13,16,25,28H,4-10H2,1H3,(H,26,27). The zero-order valence-corrected chi connectivity index (χ0v) is 18.2. The number of allylic oxidation sites excluding steroid dienone is 2. The van der Waals surface area contributed by atoms with Gasteiger partial charge in [-0.1, -0.05) is 23.9 Å². The van der Waals surface area contributed by atoms with Crippen LogP contribution in [0.25, 0.3) is 0 Å². The number of hydrogen-bond donors (Lipinski definition) is 3. The van der Waals surface area contributed by atoms with Crippen LogP contribution in [0, 0.1) is 11.8 Å². The number of halogens is 3. The quantitative estimate of drug-likeness (QED) is 0.305. The highest BCUT2D eigenvalue weighted by atomic mass is 32.2. The van der Waals surface area contributed by atoms with Crippen LogP contribution < -0.4 is 0 Å². The Balaban J connectivity index is 1.82. The summed E-state index contributed by atoms with van der Waals surface area (Å²) in [6.45, 7) is 1.48. The fraction of sp³-hybridized carbons (Fsp3) is 0.600. The smallest absolute Gasteiger partial charge is 0.355 e. The minimum Gasteiger partial charge on any atom is -0.476 e. The molecule has 0 spiro atoms. The molecule has 0 amide bonds. The summed E-state index contributed by atoms with van der Waals surface area (Å²) in [5.41, 5.74) is -1.26. The number of carboxylic acid groups (broad SMARTS) is 1. The van der Waals surface area contributed by atoms with Crippen molar-refractivity contribution >= 4 is 29.1 Å². The fourth-order valence-electron chi connectivity index (χ4n) is 3.50. The van der Waals surface area contributed by atoms with Crippen LogP contribution in [0.4, 0.5) is 13.2 Å². The molecule has 10 heteroatoms. The fourth-order valence-corrected chi connectivity index (χ4v) is 5.41. The molecule has 30 heavy (non-hydrogen) atoms. The maximum absolute atomic E-state index is 12.9. The first-order chi connectivity index (χ1) is 14.1. The lowest BCUT2D eigenvalue weighted by Crippen LogP contribution is -2.23. The molecule has 1 aromatic rings. The number of aliphatic hydroxyl groups is 2. The van der Waals surface area contributed by atoms with E-state index < -0.39 is 36.0 Å². The minimum absolute atomic E-state index is 0.0286. The van der Waals surface area contributed by atoms with Gasteiger partial charge in [0.05, 0.1) is 11.7 Å². The molecule has 0 aliphatic heterocycles. The van der Waals surface area contributed by atoms with Crippen LogP contribution in [-0.2, 0) is 0 Å². The van der Waals surface area contributed by atoms with Gasteiger partial charge < -0.3 is 15.3 Å². The van der Waals surface area contributed by atoms with E-state index >= 15 is 0 Å². The van der Waals surface area contributed by atoms with E-state index in [0.717, 1.165) is 12.8 Å². The molecule has 0 aromatic carbocycles. The van der Waals surface area contributed by atoms with Crippen LogP contribution in [0.15, 0.2) is 33.8 Å². The highest BCUT2D eigenvalue weighted by Crippen LogP contribution is 2.37. The predicted octanol–water partition coefficient (Wildman–Crippen LogP) is 5.27. The number of aliphatic hydroxyl groups excluding tert-OH is 1. The first-order valence-corrected chi connectivity index (χ1v) is 11.5. The SMILES string of the molecule is CC(O)(CC=CC1CCC(O)C1CCSc1nc(C(=O)O)cs1)CCC(F)=C(F)F. The lowest BCUT2D eigenvalue weighted by atomic mass is 9.90. The number of rotatable bonds is 11. The topological polar surface area (TPSA) is 90.7 Å². The van der Waals surface area contributed by atoms with Gasteiger partial charge in [-0.05, 0) is 50.9 Å². The minimum atomic E-state index is -2.35. The number of carboxylic acids is 1. The average Bonchev–Trinajstić information content (AvgIpc) is 3.28. The number of aromatic carboxylic acids is 1. The van der Waals surface area contributed by atoms with Crippen molar-refractivity contribution in [1.29, 1.82) is 0 Å². The van der Waals surface area contributed by atoms with Gasteiger partial charge >= 0.3 is 12.0 Å². The lowest BCUT2D eigenvalue weighted by molar-refractivity contribution is 0.0521. The molecule has 1 fully saturated rings. The molecule has 3 N–H and O–H groups in total. The molecule has 1 heterocycles. The van der Waals surface area contributed by atoms with E-state index in [1.165, 1.54) is 35.4 Å². The van der Waals surface area contributed by atoms with E-state index in [9.17, 15) is 28.2 Å². The van der Waals surface area contributed by atoms with Crippen molar-refractivity contribution in [2.24, 2.45) is 11.8 Å². The monoisotopic (exact) mass is 465 g/mol. The van der Waals surface area contributed by atoms with Gasteiger partial charge in [-0.25, -0.2) is 14.2 Å². The van der Waals surface area contributed by atoms with Gasteiger partial charge in [0.2, 0.25) is 0 Å². The highest BCUT2D eigenvalue weighted by molar-refractivity contribution is 8.01. The molecule has 4 atom stereocenters. The zero-order valence-electron chi connectivity index (χ0n) is 16.6. The van der Waals surface area contributed by atoms with Gasteiger partial charge in [0.25, 0.3) is 0 Å². The molecule has 1 saturated carbocycles. The largest absolute Gasteiger partial charge is 0.476 e. The van der Waals surface area contributed by atoms with Crippen LogP contribution in [0.5, 0.6) is 0 Å². The van der Waals surface area contributed by atoms with E-state index in [1.54, 1.807) is 6.08 Å². The maximum Gasteiger partial charge on any atom is 0.355 e. The number of hydrogen-bond acceptors (Lipinski definition) is 6. The molecule has 1 aliphatic rings. The van der Waals surface area contributed by atoms with E-state index in [1.807, 2.05) is 6.08 Å². The van der Waals surface area contributed by atoms with Gasteiger partial charge in [0.1, 0.15) is 0 Å². The first kappa shape index (κ1) is 24.9. The summed E-state index contributed by atoms with van der Waals surface area (Å²) in [6, 6.07) is 0.